The van der Waals surface area contributed by atoms with E-state index in [4.69, 9.17) is 21.1 Å². The quantitative estimate of drug-likeness (QED) is 0.476. The minimum atomic E-state index is -0.787. The van der Waals surface area contributed by atoms with E-state index in [0.29, 0.717) is 6.42 Å². The fraction of sp³-hybridized carbons (Fsp3) is 0.391. The second kappa shape index (κ2) is 10.3. The fourth-order valence-electron chi connectivity index (χ4n) is 2.90. The molecule has 0 aliphatic heterocycles. The second-order valence-electron chi connectivity index (χ2n) is 7.74. The normalized spacial score (nSPS) is 12.2. The third-order valence-corrected chi connectivity index (χ3v) is 4.50. The molecule has 0 saturated heterocycles. The summed E-state index contributed by atoms with van der Waals surface area (Å²) in [4.78, 5) is 27.2. The number of methoxy groups -OCH3 is 1. The van der Waals surface area contributed by atoms with Gasteiger partial charge in [-0.3, -0.25) is 4.79 Å². The van der Waals surface area contributed by atoms with E-state index in [1.54, 1.807) is 7.11 Å². The van der Waals surface area contributed by atoms with Gasteiger partial charge in [-0.25, -0.2) is 4.79 Å². The summed E-state index contributed by atoms with van der Waals surface area (Å²) >= 11 is 5.88. The van der Waals surface area contributed by atoms with Crippen molar-refractivity contribution in [2.75, 3.05) is 13.0 Å². The van der Waals surface area contributed by atoms with Crippen LogP contribution in [0.5, 0.6) is 5.75 Å². The molecule has 1 amide bonds. The van der Waals surface area contributed by atoms with Gasteiger partial charge in [-0.15, -0.1) is 11.6 Å². The number of esters is 1. The highest BCUT2D eigenvalue weighted by atomic mass is 35.5. The molecule has 1 atom stereocenters. The van der Waals surface area contributed by atoms with Gasteiger partial charge >= 0.3 is 5.97 Å². The number of ether oxygens (including phenoxy) is 2. The van der Waals surface area contributed by atoms with Crippen LogP contribution in [0.1, 0.15) is 31.9 Å². The molecule has 0 unspecified atom stereocenters. The SMILES string of the molecule is COc1ccc(CN(C(=O)CCl)[C@@H](Cc2ccccc2)C(=O)OC(C)(C)C)cc1. The topological polar surface area (TPSA) is 55.8 Å². The molecule has 0 saturated carbocycles. The summed E-state index contributed by atoms with van der Waals surface area (Å²) in [5.41, 5.74) is 1.14. The number of alkyl halides is 1. The van der Waals surface area contributed by atoms with E-state index in [1.807, 2.05) is 75.4 Å². The lowest BCUT2D eigenvalue weighted by Crippen LogP contribution is -2.48. The lowest BCUT2D eigenvalue weighted by molar-refractivity contribution is -0.164. The van der Waals surface area contributed by atoms with Crippen molar-refractivity contribution in [2.24, 2.45) is 0 Å². The number of nitrogens with zero attached hydrogens (tertiary/aromatic N) is 1. The van der Waals surface area contributed by atoms with Gasteiger partial charge in [-0.2, -0.15) is 0 Å². The average molecular weight is 418 g/mol. The lowest BCUT2D eigenvalue weighted by atomic mass is 10.0. The molecule has 0 aromatic heterocycles. The van der Waals surface area contributed by atoms with E-state index >= 15 is 0 Å². The van der Waals surface area contributed by atoms with Crippen LogP contribution in [-0.4, -0.2) is 41.4 Å². The van der Waals surface area contributed by atoms with Gasteiger partial charge in [0.2, 0.25) is 5.91 Å². The van der Waals surface area contributed by atoms with E-state index < -0.39 is 17.6 Å². The molecule has 2 rings (SSSR count). The van der Waals surface area contributed by atoms with Gasteiger partial charge in [-0.1, -0.05) is 42.5 Å². The Kier molecular flexibility index (Phi) is 8.09. The van der Waals surface area contributed by atoms with Gasteiger partial charge in [0, 0.05) is 13.0 Å². The molecule has 6 heteroatoms. The predicted octanol–water partition coefficient (Wildman–Crippen LogP) is 4.22. The van der Waals surface area contributed by atoms with Crippen LogP contribution in [0.25, 0.3) is 0 Å². The number of benzene rings is 2. The van der Waals surface area contributed by atoms with Gasteiger partial charge in [0.1, 0.15) is 23.3 Å². The molecular weight excluding hydrogens is 390 g/mol. The Morgan fingerprint density at radius 2 is 1.62 bits per heavy atom. The molecule has 0 heterocycles. The van der Waals surface area contributed by atoms with Gasteiger partial charge < -0.3 is 14.4 Å². The Morgan fingerprint density at radius 1 is 1.00 bits per heavy atom. The van der Waals surface area contributed by atoms with Crippen LogP contribution in [0.15, 0.2) is 54.6 Å². The summed E-state index contributed by atoms with van der Waals surface area (Å²) in [6.07, 6.45) is 0.342. The highest BCUT2D eigenvalue weighted by molar-refractivity contribution is 6.27. The summed E-state index contributed by atoms with van der Waals surface area (Å²) in [5, 5.41) is 0. The van der Waals surface area contributed by atoms with Crippen LogP contribution in [0, 0.1) is 0 Å². The van der Waals surface area contributed by atoms with Crippen LogP contribution in [0.4, 0.5) is 0 Å². The van der Waals surface area contributed by atoms with Crippen LogP contribution in [0.3, 0.4) is 0 Å². The molecule has 29 heavy (non-hydrogen) atoms. The van der Waals surface area contributed by atoms with Crippen molar-refractivity contribution in [3.05, 3.63) is 65.7 Å². The second-order valence-corrected chi connectivity index (χ2v) is 8.01. The van der Waals surface area contributed by atoms with Crippen molar-refractivity contribution >= 4 is 23.5 Å². The lowest BCUT2D eigenvalue weighted by Gasteiger charge is -2.32. The van der Waals surface area contributed by atoms with Crippen molar-refractivity contribution in [1.82, 2.24) is 4.90 Å². The van der Waals surface area contributed by atoms with E-state index in [-0.39, 0.29) is 18.3 Å². The van der Waals surface area contributed by atoms with Crippen LogP contribution in [-0.2, 0) is 27.3 Å². The summed E-state index contributed by atoms with van der Waals surface area (Å²) in [5.74, 6) is -0.274. The summed E-state index contributed by atoms with van der Waals surface area (Å²) < 4.78 is 10.8. The zero-order valence-electron chi connectivity index (χ0n) is 17.4. The Hall–Kier alpha value is -2.53. The van der Waals surface area contributed by atoms with Gasteiger partial charge in [-0.05, 0) is 44.0 Å². The largest absolute Gasteiger partial charge is 0.497 e. The standard InChI is InChI=1S/C23H28ClNO4/c1-23(2,3)29-22(27)20(14-17-8-6-5-7-9-17)25(21(26)15-24)16-18-10-12-19(28-4)13-11-18/h5-13,20H,14-16H2,1-4H3/t20-/m0/s1. The number of rotatable bonds is 8. The van der Waals surface area contributed by atoms with E-state index in [1.165, 1.54) is 4.90 Å². The van der Waals surface area contributed by atoms with Crippen molar-refractivity contribution in [1.29, 1.82) is 0 Å². The molecule has 2 aromatic rings. The van der Waals surface area contributed by atoms with Gasteiger partial charge in [0.15, 0.2) is 0 Å². The molecule has 0 spiro atoms. The number of hydrogen-bond acceptors (Lipinski definition) is 4. The smallest absolute Gasteiger partial charge is 0.329 e. The summed E-state index contributed by atoms with van der Waals surface area (Å²) in [6, 6.07) is 16.1. The third-order valence-electron chi connectivity index (χ3n) is 4.27. The molecule has 5 nitrogen and oxygen atoms in total. The first-order valence-corrected chi connectivity index (χ1v) is 10.0. The number of carbonyl (C=O) groups excluding carboxylic acids is 2. The van der Waals surface area contributed by atoms with Gasteiger partial charge in [0.25, 0.3) is 0 Å². The first kappa shape index (κ1) is 22.8. The highest BCUT2D eigenvalue weighted by Gasteiger charge is 2.33. The maximum atomic E-state index is 13.0. The third kappa shape index (κ3) is 7.09. The Balaban J connectivity index is 2.35. The average Bonchev–Trinajstić information content (AvgIpc) is 2.70. The molecule has 2 aromatic carbocycles. The van der Waals surface area contributed by atoms with Crippen molar-refractivity contribution < 1.29 is 19.1 Å². The zero-order valence-corrected chi connectivity index (χ0v) is 18.1. The molecule has 0 radical (unpaired) electrons. The number of hydrogen-bond donors (Lipinski definition) is 0. The number of carbonyl (C=O) groups is 2. The van der Waals surface area contributed by atoms with Crippen LogP contribution in [0.2, 0.25) is 0 Å². The highest BCUT2D eigenvalue weighted by Crippen LogP contribution is 2.20. The minimum Gasteiger partial charge on any atom is -0.497 e. The molecule has 0 bridgehead atoms. The maximum absolute atomic E-state index is 13.0. The number of amides is 1. The molecule has 0 aliphatic rings. The van der Waals surface area contributed by atoms with Gasteiger partial charge in [0.05, 0.1) is 7.11 Å². The Morgan fingerprint density at radius 3 is 2.14 bits per heavy atom. The monoisotopic (exact) mass is 417 g/mol. The van der Waals surface area contributed by atoms with Crippen molar-refractivity contribution in [3.63, 3.8) is 0 Å². The molecule has 0 N–H and O–H groups in total. The van der Waals surface area contributed by atoms with E-state index in [0.717, 1.165) is 16.9 Å². The zero-order chi connectivity index (χ0) is 21.4. The first-order chi connectivity index (χ1) is 13.7. The number of halogens is 1. The molecule has 0 fully saturated rings. The van der Waals surface area contributed by atoms with E-state index in [2.05, 4.69) is 0 Å². The Labute approximate surface area is 177 Å². The summed E-state index contributed by atoms with van der Waals surface area (Å²) in [7, 11) is 1.59. The Bertz CT molecular complexity index is 800. The maximum Gasteiger partial charge on any atom is 0.329 e. The molecule has 0 aliphatic carbocycles. The summed E-state index contributed by atoms with van der Waals surface area (Å²) in [6.45, 7) is 5.66. The van der Waals surface area contributed by atoms with Crippen LogP contribution < -0.4 is 4.74 Å². The molecular formula is C23H28ClNO4. The van der Waals surface area contributed by atoms with E-state index in [9.17, 15) is 9.59 Å². The van der Waals surface area contributed by atoms with Crippen molar-refractivity contribution in [3.8, 4) is 5.75 Å². The first-order valence-electron chi connectivity index (χ1n) is 9.48. The fourth-order valence-corrected chi connectivity index (χ4v) is 3.06. The minimum absolute atomic E-state index is 0.218. The van der Waals surface area contributed by atoms with Crippen molar-refractivity contribution in [2.45, 2.75) is 45.4 Å². The predicted molar refractivity (Wildman–Crippen MR) is 114 cm³/mol. The van der Waals surface area contributed by atoms with Crippen LogP contribution >= 0.6 is 11.6 Å². The molecule has 156 valence electrons.